The number of nitrogens with one attached hydrogen (secondary N) is 1. The summed E-state index contributed by atoms with van der Waals surface area (Å²) in [4.78, 5) is 11.8. The summed E-state index contributed by atoms with van der Waals surface area (Å²) >= 11 is 11.8. The van der Waals surface area contributed by atoms with E-state index >= 15 is 0 Å². The van der Waals surface area contributed by atoms with Gasteiger partial charge in [-0.05, 0) is 42.8 Å². The lowest BCUT2D eigenvalue weighted by Crippen LogP contribution is -2.13. The average molecular weight is 339 g/mol. The first-order chi connectivity index (χ1) is 10.5. The number of benzene rings is 2. The molecular formula is C16H16Cl2N2O2. The molecule has 0 atom stereocenters. The highest BCUT2D eigenvalue weighted by Gasteiger charge is 2.05. The fourth-order valence-corrected chi connectivity index (χ4v) is 2.31. The van der Waals surface area contributed by atoms with Crippen LogP contribution in [0.3, 0.4) is 0 Å². The van der Waals surface area contributed by atoms with Crippen LogP contribution in [0.1, 0.15) is 12.8 Å². The third-order valence-electron chi connectivity index (χ3n) is 2.87. The van der Waals surface area contributed by atoms with Crippen LogP contribution in [0.4, 0.5) is 11.4 Å². The molecule has 2 aromatic rings. The van der Waals surface area contributed by atoms with Gasteiger partial charge in [0.15, 0.2) is 0 Å². The van der Waals surface area contributed by atoms with Crippen LogP contribution in [0.15, 0.2) is 42.5 Å². The van der Waals surface area contributed by atoms with E-state index in [1.165, 1.54) is 0 Å². The second kappa shape index (κ2) is 7.92. The zero-order valence-electron chi connectivity index (χ0n) is 11.8. The first-order valence-corrected chi connectivity index (χ1v) is 7.53. The first kappa shape index (κ1) is 16.5. The molecule has 2 aromatic carbocycles. The Balaban J connectivity index is 1.73. The molecule has 0 fully saturated rings. The third kappa shape index (κ3) is 5.13. The van der Waals surface area contributed by atoms with Crippen molar-refractivity contribution in [1.82, 2.24) is 0 Å². The maximum Gasteiger partial charge on any atom is 0.224 e. The molecule has 0 aliphatic carbocycles. The summed E-state index contributed by atoms with van der Waals surface area (Å²) in [5, 5.41) is 3.79. The van der Waals surface area contributed by atoms with Crippen molar-refractivity contribution in [2.24, 2.45) is 0 Å². The first-order valence-electron chi connectivity index (χ1n) is 6.78. The van der Waals surface area contributed by atoms with Gasteiger partial charge in [0.1, 0.15) is 5.75 Å². The van der Waals surface area contributed by atoms with E-state index in [4.69, 9.17) is 33.7 Å². The highest BCUT2D eigenvalue weighted by atomic mass is 35.5. The number of hydrogen-bond acceptors (Lipinski definition) is 3. The van der Waals surface area contributed by atoms with E-state index in [9.17, 15) is 4.79 Å². The Morgan fingerprint density at radius 2 is 2.00 bits per heavy atom. The Morgan fingerprint density at radius 3 is 2.73 bits per heavy atom. The fraction of sp³-hybridized carbons (Fsp3) is 0.188. The molecule has 0 saturated carbocycles. The number of halogens is 2. The lowest BCUT2D eigenvalue weighted by Gasteiger charge is -2.09. The standard InChI is InChI=1S/C16H16Cl2N2O2/c17-11-6-7-15(14(18)9-11)22-8-2-5-16(21)20-13-4-1-3-12(19)10-13/h1,3-4,6-7,9-10H,2,5,8,19H2,(H,20,21). The van der Waals surface area contributed by atoms with Gasteiger partial charge in [-0.25, -0.2) is 0 Å². The molecule has 0 heterocycles. The predicted octanol–water partition coefficient (Wildman–Crippen LogP) is 4.37. The van der Waals surface area contributed by atoms with Gasteiger partial charge in [-0.2, -0.15) is 0 Å². The van der Waals surface area contributed by atoms with Gasteiger partial charge < -0.3 is 15.8 Å². The summed E-state index contributed by atoms with van der Waals surface area (Å²) in [6.45, 7) is 0.395. The molecule has 0 radical (unpaired) electrons. The molecule has 0 aromatic heterocycles. The summed E-state index contributed by atoms with van der Waals surface area (Å²) < 4.78 is 5.52. The van der Waals surface area contributed by atoms with Gasteiger partial charge >= 0.3 is 0 Å². The van der Waals surface area contributed by atoms with E-state index in [-0.39, 0.29) is 5.91 Å². The maximum absolute atomic E-state index is 11.8. The van der Waals surface area contributed by atoms with Crippen LogP contribution in [0.2, 0.25) is 10.0 Å². The van der Waals surface area contributed by atoms with E-state index in [0.717, 1.165) is 0 Å². The number of carbonyl (C=O) groups excluding carboxylic acids is 1. The number of amides is 1. The zero-order chi connectivity index (χ0) is 15.9. The Bertz CT molecular complexity index is 662. The van der Waals surface area contributed by atoms with Crippen LogP contribution >= 0.6 is 23.2 Å². The summed E-state index contributed by atoms with van der Waals surface area (Å²) in [5.74, 6) is 0.471. The molecule has 0 saturated heterocycles. The molecule has 0 aliphatic rings. The summed E-state index contributed by atoms with van der Waals surface area (Å²) in [7, 11) is 0. The topological polar surface area (TPSA) is 64.3 Å². The van der Waals surface area contributed by atoms with Gasteiger partial charge in [0.2, 0.25) is 5.91 Å². The van der Waals surface area contributed by atoms with Crippen molar-refractivity contribution in [2.45, 2.75) is 12.8 Å². The molecular weight excluding hydrogens is 323 g/mol. The van der Waals surface area contributed by atoms with Crippen molar-refractivity contribution >= 4 is 40.5 Å². The van der Waals surface area contributed by atoms with Crippen molar-refractivity contribution in [1.29, 1.82) is 0 Å². The largest absolute Gasteiger partial charge is 0.492 e. The molecule has 0 unspecified atom stereocenters. The number of anilines is 2. The summed E-state index contributed by atoms with van der Waals surface area (Å²) in [5.41, 5.74) is 6.95. The molecule has 1 amide bonds. The summed E-state index contributed by atoms with van der Waals surface area (Å²) in [6, 6.07) is 12.1. The molecule has 0 bridgehead atoms. The molecule has 22 heavy (non-hydrogen) atoms. The van der Waals surface area contributed by atoms with Crippen LogP contribution in [0.5, 0.6) is 5.75 Å². The van der Waals surface area contributed by atoms with Crippen molar-refractivity contribution in [3.05, 3.63) is 52.5 Å². The number of rotatable bonds is 6. The van der Waals surface area contributed by atoms with Crippen molar-refractivity contribution in [2.75, 3.05) is 17.7 Å². The lowest BCUT2D eigenvalue weighted by molar-refractivity contribution is -0.116. The second-order valence-corrected chi connectivity index (χ2v) is 5.54. The van der Waals surface area contributed by atoms with Gasteiger partial charge in [-0.3, -0.25) is 4.79 Å². The quantitative estimate of drug-likeness (QED) is 0.607. The second-order valence-electron chi connectivity index (χ2n) is 4.70. The van der Waals surface area contributed by atoms with Crippen molar-refractivity contribution in [3.63, 3.8) is 0 Å². The molecule has 2 rings (SSSR count). The fourth-order valence-electron chi connectivity index (χ4n) is 1.85. The van der Waals surface area contributed by atoms with Gasteiger partial charge in [0.05, 0.1) is 11.6 Å². The van der Waals surface area contributed by atoms with Crippen LogP contribution in [0, 0.1) is 0 Å². The van der Waals surface area contributed by atoms with E-state index in [1.54, 1.807) is 42.5 Å². The molecule has 116 valence electrons. The highest BCUT2D eigenvalue weighted by molar-refractivity contribution is 6.35. The number of hydrogen-bond donors (Lipinski definition) is 2. The van der Waals surface area contributed by atoms with E-state index < -0.39 is 0 Å². The van der Waals surface area contributed by atoms with Gasteiger partial charge in [0.25, 0.3) is 0 Å². The highest BCUT2D eigenvalue weighted by Crippen LogP contribution is 2.27. The van der Waals surface area contributed by atoms with Crippen molar-refractivity contribution < 1.29 is 9.53 Å². The van der Waals surface area contributed by atoms with Crippen LogP contribution < -0.4 is 15.8 Å². The average Bonchev–Trinajstić information content (AvgIpc) is 2.45. The number of nitrogens with two attached hydrogens (primary N) is 1. The normalized spacial score (nSPS) is 10.3. The Labute approximate surface area is 139 Å². The van der Waals surface area contributed by atoms with Gasteiger partial charge in [-0.15, -0.1) is 0 Å². The van der Waals surface area contributed by atoms with Crippen LogP contribution in [-0.2, 0) is 4.79 Å². The molecule has 0 aliphatic heterocycles. The Kier molecular flexibility index (Phi) is 5.92. The van der Waals surface area contributed by atoms with Gasteiger partial charge in [0, 0.05) is 22.8 Å². The molecule has 0 spiro atoms. The summed E-state index contributed by atoms with van der Waals surface area (Å²) in [6.07, 6.45) is 0.924. The maximum atomic E-state index is 11.8. The monoisotopic (exact) mass is 338 g/mol. The lowest BCUT2D eigenvalue weighted by atomic mass is 10.2. The predicted molar refractivity (Wildman–Crippen MR) is 90.7 cm³/mol. The van der Waals surface area contributed by atoms with Crippen LogP contribution in [0.25, 0.3) is 0 Å². The number of carbonyl (C=O) groups is 1. The van der Waals surface area contributed by atoms with E-state index in [2.05, 4.69) is 5.32 Å². The van der Waals surface area contributed by atoms with Crippen molar-refractivity contribution in [3.8, 4) is 5.75 Å². The van der Waals surface area contributed by atoms with Gasteiger partial charge in [-0.1, -0.05) is 29.3 Å². The minimum Gasteiger partial charge on any atom is -0.492 e. The number of nitrogen functional groups attached to an aromatic ring is 1. The number of ether oxygens (including phenoxy) is 1. The minimum absolute atomic E-state index is 0.0867. The Hall–Kier alpha value is -1.91. The van der Waals surface area contributed by atoms with E-state index in [0.29, 0.717) is 46.6 Å². The molecule has 4 nitrogen and oxygen atoms in total. The zero-order valence-corrected chi connectivity index (χ0v) is 13.3. The third-order valence-corrected chi connectivity index (χ3v) is 3.40. The molecule has 6 heteroatoms. The SMILES string of the molecule is Nc1cccc(NC(=O)CCCOc2ccc(Cl)cc2Cl)c1. The molecule has 3 N–H and O–H groups in total. The smallest absolute Gasteiger partial charge is 0.224 e. The van der Waals surface area contributed by atoms with E-state index in [1.807, 2.05) is 0 Å². The van der Waals surface area contributed by atoms with Crippen LogP contribution in [-0.4, -0.2) is 12.5 Å². The minimum atomic E-state index is -0.0867. The Morgan fingerprint density at radius 1 is 1.18 bits per heavy atom.